The zero-order valence-electron chi connectivity index (χ0n) is 13.3. The van der Waals surface area contributed by atoms with E-state index in [-0.39, 0.29) is 0 Å². The highest BCUT2D eigenvalue weighted by Gasteiger charge is 2.13. The Morgan fingerprint density at radius 2 is 1.59 bits per heavy atom. The second kappa shape index (κ2) is 4.82. The highest BCUT2D eigenvalue weighted by atomic mass is 32.1. The van der Waals surface area contributed by atoms with Crippen molar-refractivity contribution in [3.8, 4) is 0 Å². The van der Waals surface area contributed by atoms with Crippen molar-refractivity contribution in [2.75, 3.05) is 0 Å². The fourth-order valence-corrected chi connectivity index (χ4v) is 4.42. The van der Waals surface area contributed by atoms with Crippen LogP contribution in [0.3, 0.4) is 0 Å². The highest BCUT2D eigenvalue weighted by Crippen LogP contribution is 2.39. The van der Waals surface area contributed by atoms with E-state index < -0.39 is 0 Å². The van der Waals surface area contributed by atoms with Crippen molar-refractivity contribution >= 4 is 42.3 Å². The summed E-state index contributed by atoms with van der Waals surface area (Å²) in [5.41, 5.74) is 1.76. The van der Waals surface area contributed by atoms with Gasteiger partial charge >= 0.3 is 0 Å². The summed E-state index contributed by atoms with van der Waals surface area (Å²) in [6.45, 7) is 6.91. The third kappa shape index (κ3) is 2.30. The minimum Gasteiger partial charge on any atom is -0.135 e. The summed E-state index contributed by atoms with van der Waals surface area (Å²) in [6.07, 6.45) is 1.12. The molecule has 0 saturated heterocycles. The van der Waals surface area contributed by atoms with Gasteiger partial charge in [-0.05, 0) is 46.4 Å². The average Bonchev–Trinajstić information content (AvgIpc) is 2.84. The first kappa shape index (κ1) is 13.8. The minimum absolute atomic E-state index is 0.321. The topological polar surface area (TPSA) is 0 Å². The lowest BCUT2D eigenvalue weighted by Gasteiger charge is -2.18. The molecule has 0 radical (unpaired) electrons. The van der Waals surface area contributed by atoms with Gasteiger partial charge in [0.2, 0.25) is 0 Å². The number of benzene rings is 3. The van der Waals surface area contributed by atoms with Gasteiger partial charge in [-0.15, -0.1) is 11.3 Å². The van der Waals surface area contributed by atoms with Gasteiger partial charge in [-0.2, -0.15) is 0 Å². The van der Waals surface area contributed by atoms with Crippen LogP contribution < -0.4 is 0 Å². The molecule has 22 heavy (non-hydrogen) atoms. The molecule has 110 valence electrons. The van der Waals surface area contributed by atoms with Crippen molar-refractivity contribution in [3.63, 3.8) is 0 Å². The quantitative estimate of drug-likeness (QED) is 0.363. The second-order valence-electron chi connectivity index (χ2n) is 7.33. The number of thiophene rings is 1. The van der Waals surface area contributed by atoms with Gasteiger partial charge in [-0.3, -0.25) is 0 Å². The van der Waals surface area contributed by atoms with Gasteiger partial charge in [0.25, 0.3) is 0 Å². The molecule has 4 rings (SSSR count). The molecule has 3 aromatic carbocycles. The van der Waals surface area contributed by atoms with E-state index in [0.29, 0.717) is 5.41 Å². The van der Waals surface area contributed by atoms with Crippen LogP contribution in [0.2, 0.25) is 0 Å². The van der Waals surface area contributed by atoms with Crippen LogP contribution in [-0.4, -0.2) is 0 Å². The predicted molar refractivity (Wildman–Crippen MR) is 100.0 cm³/mol. The molecule has 0 amide bonds. The first-order valence-corrected chi connectivity index (χ1v) is 8.66. The summed E-state index contributed by atoms with van der Waals surface area (Å²) in [5, 5.41) is 5.54. The van der Waals surface area contributed by atoms with Gasteiger partial charge in [0, 0.05) is 20.2 Å². The maximum Gasteiger partial charge on any atom is 0.0361 e. The lowest BCUT2D eigenvalue weighted by Crippen LogP contribution is -2.08. The molecule has 1 aromatic heterocycles. The zero-order valence-corrected chi connectivity index (χ0v) is 14.1. The number of hydrogen-bond donors (Lipinski definition) is 0. The summed E-state index contributed by atoms with van der Waals surface area (Å²) < 4.78 is 2.78. The Hall–Kier alpha value is -1.86. The Morgan fingerprint density at radius 1 is 0.818 bits per heavy atom. The van der Waals surface area contributed by atoms with Crippen LogP contribution in [0.5, 0.6) is 0 Å². The predicted octanol–water partition coefficient (Wildman–Crippen LogP) is 6.80. The van der Waals surface area contributed by atoms with Crippen molar-refractivity contribution in [2.24, 2.45) is 5.41 Å². The van der Waals surface area contributed by atoms with Crippen LogP contribution in [-0.2, 0) is 6.42 Å². The monoisotopic (exact) mass is 304 g/mol. The van der Waals surface area contributed by atoms with E-state index in [9.17, 15) is 0 Å². The molecule has 0 spiro atoms. The van der Waals surface area contributed by atoms with Crippen LogP contribution in [0.1, 0.15) is 26.3 Å². The lowest BCUT2D eigenvalue weighted by molar-refractivity contribution is 0.411. The van der Waals surface area contributed by atoms with Crippen molar-refractivity contribution in [1.82, 2.24) is 0 Å². The van der Waals surface area contributed by atoms with Gasteiger partial charge in [0.1, 0.15) is 0 Å². The van der Waals surface area contributed by atoms with E-state index in [4.69, 9.17) is 0 Å². The molecule has 0 saturated carbocycles. The van der Waals surface area contributed by atoms with E-state index in [1.54, 1.807) is 0 Å². The van der Waals surface area contributed by atoms with Crippen LogP contribution in [0.4, 0.5) is 0 Å². The third-order valence-corrected chi connectivity index (χ3v) is 5.29. The molecular weight excluding hydrogens is 284 g/mol. The smallest absolute Gasteiger partial charge is 0.0361 e. The Balaban J connectivity index is 2.05. The fraction of sp³-hybridized carbons (Fsp3) is 0.238. The molecule has 1 heteroatoms. The van der Waals surface area contributed by atoms with E-state index in [2.05, 4.69) is 75.4 Å². The van der Waals surface area contributed by atoms with Gasteiger partial charge in [0.05, 0.1) is 0 Å². The largest absolute Gasteiger partial charge is 0.135 e. The normalized spacial score (nSPS) is 12.5. The second-order valence-corrected chi connectivity index (χ2v) is 8.41. The highest BCUT2D eigenvalue weighted by molar-refractivity contribution is 7.26. The number of hydrogen-bond acceptors (Lipinski definition) is 1. The van der Waals surface area contributed by atoms with Gasteiger partial charge in [-0.1, -0.05) is 57.2 Å². The van der Waals surface area contributed by atoms with Crippen molar-refractivity contribution in [2.45, 2.75) is 27.2 Å². The third-order valence-electron chi connectivity index (χ3n) is 4.16. The molecule has 0 bridgehead atoms. The Morgan fingerprint density at radius 3 is 2.41 bits per heavy atom. The van der Waals surface area contributed by atoms with E-state index in [1.807, 2.05) is 11.3 Å². The number of fused-ring (bicyclic) bond motifs is 5. The molecule has 0 aliphatic carbocycles. The SMILES string of the molecule is CC(C)(C)Cc1ccc2sc3ccc4ccccc4c3c2c1. The molecule has 0 nitrogen and oxygen atoms in total. The summed E-state index contributed by atoms with van der Waals surface area (Å²) in [7, 11) is 0. The summed E-state index contributed by atoms with van der Waals surface area (Å²) in [6, 6.07) is 20.2. The van der Waals surface area contributed by atoms with E-state index >= 15 is 0 Å². The standard InChI is InChI=1S/C21H20S/c1-21(2,3)13-14-8-10-18-17(12-14)20-16-7-5-4-6-15(16)9-11-19(20)22-18/h4-12H,13H2,1-3H3. The molecule has 4 aromatic rings. The van der Waals surface area contributed by atoms with Crippen LogP contribution >= 0.6 is 11.3 Å². The van der Waals surface area contributed by atoms with Gasteiger partial charge in [0.15, 0.2) is 0 Å². The molecule has 0 N–H and O–H groups in total. The Bertz CT molecular complexity index is 983. The van der Waals surface area contributed by atoms with Gasteiger partial charge in [-0.25, -0.2) is 0 Å². The first-order chi connectivity index (χ1) is 10.5. The van der Waals surface area contributed by atoms with Gasteiger partial charge < -0.3 is 0 Å². The Labute approximate surface area is 135 Å². The molecule has 0 aliphatic heterocycles. The molecule has 0 fully saturated rings. The minimum atomic E-state index is 0.321. The lowest BCUT2D eigenvalue weighted by atomic mass is 9.87. The molecule has 0 unspecified atom stereocenters. The Kier molecular flexibility index (Phi) is 3.02. The summed E-state index contributed by atoms with van der Waals surface area (Å²) >= 11 is 1.90. The summed E-state index contributed by atoms with van der Waals surface area (Å²) in [5.74, 6) is 0. The van der Waals surface area contributed by atoms with E-state index in [1.165, 1.54) is 36.5 Å². The summed E-state index contributed by atoms with van der Waals surface area (Å²) in [4.78, 5) is 0. The number of rotatable bonds is 1. The first-order valence-electron chi connectivity index (χ1n) is 7.84. The average molecular weight is 304 g/mol. The molecule has 0 aliphatic rings. The van der Waals surface area contributed by atoms with Crippen molar-refractivity contribution in [1.29, 1.82) is 0 Å². The van der Waals surface area contributed by atoms with Crippen LogP contribution in [0.25, 0.3) is 30.9 Å². The van der Waals surface area contributed by atoms with Crippen molar-refractivity contribution in [3.05, 3.63) is 60.2 Å². The van der Waals surface area contributed by atoms with Crippen molar-refractivity contribution < 1.29 is 0 Å². The van der Waals surface area contributed by atoms with Crippen LogP contribution in [0, 0.1) is 5.41 Å². The molecule has 1 heterocycles. The maximum atomic E-state index is 2.41. The maximum absolute atomic E-state index is 2.41. The van der Waals surface area contributed by atoms with E-state index in [0.717, 1.165) is 6.42 Å². The molecular formula is C21H20S. The molecule has 0 atom stereocenters. The van der Waals surface area contributed by atoms with Crippen LogP contribution in [0.15, 0.2) is 54.6 Å². The zero-order chi connectivity index (χ0) is 15.3. The fourth-order valence-electron chi connectivity index (χ4n) is 3.32.